The number of aliphatic hydroxyl groups excluding tert-OH is 1. The van der Waals surface area contributed by atoms with Gasteiger partial charge in [0.05, 0.1) is 0 Å². The summed E-state index contributed by atoms with van der Waals surface area (Å²) in [6.45, 7) is 1.39. The maximum Gasteiger partial charge on any atom is 0.410 e. The Kier molecular flexibility index (Phi) is 5.10. The number of likely N-dealkylation sites (tertiary alicyclic amines) is 1. The lowest BCUT2D eigenvalue weighted by Crippen LogP contribution is -2.40. The first-order valence-corrected chi connectivity index (χ1v) is 8.13. The molecular weight excluding hydrogens is 308 g/mol. The highest BCUT2D eigenvalue weighted by Gasteiger charge is 2.29. The number of aromatic nitrogens is 3. The molecule has 0 aliphatic carbocycles. The molecule has 0 spiro atoms. The standard InChI is InChI=1S/C17H22N4O3/c1-20-15(11-22)18-19-16(20)14-8-5-9-21(10-14)17(23)24-12-13-6-3-2-4-7-13/h2-4,6-7,14,22H,5,8-12H2,1H3. The molecule has 2 heterocycles. The number of aliphatic hydroxyl groups is 1. The maximum atomic E-state index is 12.3. The van der Waals surface area contributed by atoms with Gasteiger partial charge < -0.3 is 19.3 Å². The van der Waals surface area contributed by atoms with E-state index < -0.39 is 0 Å². The molecule has 1 unspecified atom stereocenters. The van der Waals surface area contributed by atoms with Crippen LogP contribution in [-0.2, 0) is 25.0 Å². The third-order valence-electron chi connectivity index (χ3n) is 4.39. The molecule has 1 aromatic heterocycles. The highest BCUT2D eigenvalue weighted by molar-refractivity contribution is 5.67. The highest BCUT2D eigenvalue weighted by atomic mass is 16.6. The molecule has 1 saturated heterocycles. The fourth-order valence-electron chi connectivity index (χ4n) is 3.03. The number of rotatable bonds is 4. The average molecular weight is 330 g/mol. The molecule has 24 heavy (non-hydrogen) atoms. The lowest BCUT2D eigenvalue weighted by molar-refractivity contribution is 0.0850. The molecule has 1 fully saturated rings. The van der Waals surface area contributed by atoms with Crippen LogP contribution in [-0.4, -0.2) is 44.0 Å². The molecule has 128 valence electrons. The summed E-state index contributed by atoms with van der Waals surface area (Å²) in [7, 11) is 1.84. The van der Waals surface area contributed by atoms with E-state index in [4.69, 9.17) is 4.74 Å². The molecule has 1 atom stereocenters. The number of carbonyl (C=O) groups excluding carboxylic acids is 1. The number of carbonyl (C=O) groups is 1. The topological polar surface area (TPSA) is 80.5 Å². The van der Waals surface area contributed by atoms with Crippen LogP contribution in [0.25, 0.3) is 0 Å². The third kappa shape index (κ3) is 3.56. The SMILES string of the molecule is Cn1c(CO)nnc1C1CCCN(C(=O)OCc2ccccc2)C1. The van der Waals surface area contributed by atoms with Crippen molar-refractivity contribution in [3.8, 4) is 0 Å². The van der Waals surface area contributed by atoms with Gasteiger partial charge in [-0.2, -0.15) is 0 Å². The van der Waals surface area contributed by atoms with Crippen molar-refractivity contribution in [2.24, 2.45) is 7.05 Å². The molecule has 0 saturated carbocycles. The molecule has 1 aliphatic heterocycles. The molecule has 1 N–H and O–H groups in total. The largest absolute Gasteiger partial charge is 0.445 e. The number of benzene rings is 1. The van der Waals surface area contributed by atoms with E-state index in [1.807, 2.05) is 41.9 Å². The number of hydrogen-bond donors (Lipinski definition) is 1. The van der Waals surface area contributed by atoms with E-state index in [0.717, 1.165) is 24.2 Å². The number of ether oxygens (including phenoxy) is 1. The summed E-state index contributed by atoms with van der Waals surface area (Å²) in [4.78, 5) is 14.0. The molecule has 7 heteroatoms. The van der Waals surface area contributed by atoms with E-state index in [1.54, 1.807) is 4.90 Å². The summed E-state index contributed by atoms with van der Waals surface area (Å²) in [6, 6.07) is 9.65. The molecule has 0 bridgehead atoms. The molecule has 3 rings (SSSR count). The maximum absolute atomic E-state index is 12.3. The van der Waals surface area contributed by atoms with Crippen LogP contribution in [0.5, 0.6) is 0 Å². The number of hydrogen-bond acceptors (Lipinski definition) is 5. The van der Waals surface area contributed by atoms with Crippen molar-refractivity contribution in [2.45, 2.75) is 32.0 Å². The van der Waals surface area contributed by atoms with Crippen LogP contribution < -0.4 is 0 Å². The summed E-state index contributed by atoms with van der Waals surface area (Å²) < 4.78 is 7.22. The van der Waals surface area contributed by atoms with Gasteiger partial charge in [-0.15, -0.1) is 10.2 Å². The zero-order valence-corrected chi connectivity index (χ0v) is 13.8. The van der Waals surface area contributed by atoms with Crippen molar-refractivity contribution in [1.29, 1.82) is 0 Å². The van der Waals surface area contributed by atoms with E-state index in [1.165, 1.54) is 0 Å². The van der Waals surface area contributed by atoms with Crippen molar-refractivity contribution in [2.75, 3.05) is 13.1 Å². The first kappa shape index (κ1) is 16.4. The summed E-state index contributed by atoms with van der Waals surface area (Å²) in [5.41, 5.74) is 0.972. The van der Waals surface area contributed by atoms with Gasteiger partial charge in [-0.25, -0.2) is 4.79 Å². The van der Waals surface area contributed by atoms with E-state index >= 15 is 0 Å². The first-order chi connectivity index (χ1) is 11.7. The number of amides is 1. The van der Waals surface area contributed by atoms with Crippen LogP contribution in [0.2, 0.25) is 0 Å². The fraction of sp³-hybridized carbons (Fsp3) is 0.471. The van der Waals surface area contributed by atoms with Crippen molar-refractivity contribution in [3.63, 3.8) is 0 Å². The van der Waals surface area contributed by atoms with E-state index in [0.29, 0.717) is 18.9 Å². The van der Waals surface area contributed by atoms with Gasteiger partial charge >= 0.3 is 6.09 Å². The Morgan fingerprint density at radius 1 is 1.33 bits per heavy atom. The summed E-state index contributed by atoms with van der Waals surface area (Å²) in [6.07, 6.45) is 1.54. The van der Waals surface area contributed by atoms with Crippen LogP contribution in [0.15, 0.2) is 30.3 Å². The molecule has 1 aliphatic rings. The molecule has 1 aromatic carbocycles. The summed E-state index contributed by atoms with van der Waals surface area (Å²) >= 11 is 0. The minimum Gasteiger partial charge on any atom is -0.445 e. The van der Waals surface area contributed by atoms with E-state index in [2.05, 4.69) is 10.2 Å². The highest BCUT2D eigenvalue weighted by Crippen LogP contribution is 2.26. The number of piperidine rings is 1. The zero-order valence-electron chi connectivity index (χ0n) is 13.8. The van der Waals surface area contributed by atoms with Crippen molar-refractivity contribution < 1.29 is 14.6 Å². The first-order valence-electron chi connectivity index (χ1n) is 8.13. The molecular formula is C17H22N4O3. The second-order valence-electron chi connectivity index (χ2n) is 6.02. The average Bonchev–Trinajstić information content (AvgIpc) is 3.01. The summed E-state index contributed by atoms with van der Waals surface area (Å²) in [5, 5.41) is 17.4. The van der Waals surface area contributed by atoms with Gasteiger partial charge in [-0.1, -0.05) is 30.3 Å². The minimum atomic E-state index is -0.298. The van der Waals surface area contributed by atoms with Gasteiger partial charge in [0.2, 0.25) is 0 Å². The Morgan fingerprint density at radius 3 is 2.83 bits per heavy atom. The van der Waals surface area contributed by atoms with Gasteiger partial charge in [0, 0.05) is 26.1 Å². The second kappa shape index (κ2) is 7.44. The lowest BCUT2D eigenvalue weighted by Gasteiger charge is -2.31. The third-order valence-corrected chi connectivity index (χ3v) is 4.39. The van der Waals surface area contributed by atoms with Gasteiger partial charge in [-0.05, 0) is 18.4 Å². The van der Waals surface area contributed by atoms with Crippen LogP contribution in [0.4, 0.5) is 4.79 Å². The van der Waals surface area contributed by atoms with Gasteiger partial charge in [0.15, 0.2) is 5.82 Å². The normalized spacial score (nSPS) is 17.8. The predicted molar refractivity (Wildman–Crippen MR) is 87.1 cm³/mol. The Hall–Kier alpha value is -2.41. The monoisotopic (exact) mass is 330 g/mol. The van der Waals surface area contributed by atoms with Gasteiger partial charge in [0.25, 0.3) is 0 Å². The molecule has 0 radical (unpaired) electrons. The Labute approximate surface area is 140 Å². The van der Waals surface area contributed by atoms with Crippen LogP contribution in [0.1, 0.15) is 36.0 Å². The van der Waals surface area contributed by atoms with Crippen molar-refractivity contribution in [1.82, 2.24) is 19.7 Å². The van der Waals surface area contributed by atoms with Crippen LogP contribution in [0, 0.1) is 0 Å². The van der Waals surface area contributed by atoms with Crippen molar-refractivity contribution >= 4 is 6.09 Å². The molecule has 1 amide bonds. The van der Waals surface area contributed by atoms with Crippen LogP contribution >= 0.6 is 0 Å². The van der Waals surface area contributed by atoms with Gasteiger partial charge in [-0.3, -0.25) is 0 Å². The van der Waals surface area contributed by atoms with Crippen LogP contribution in [0.3, 0.4) is 0 Å². The predicted octanol–water partition coefficient (Wildman–Crippen LogP) is 1.82. The Balaban J connectivity index is 1.60. The quantitative estimate of drug-likeness (QED) is 0.925. The smallest absolute Gasteiger partial charge is 0.410 e. The Bertz CT molecular complexity index is 686. The summed E-state index contributed by atoms with van der Waals surface area (Å²) in [5.74, 6) is 1.45. The van der Waals surface area contributed by atoms with Gasteiger partial charge in [0.1, 0.15) is 19.0 Å². The second-order valence-corrected chi connectivity index (χ2v) is 6.02. The zero-order chi connectivity index (χ0) is 16.9. The van der Waals surface area contributed by atoms with E-state index in [9.17, 15) is 9.90 Å². The minimum absolute atomic E-state index is 0.112. The van der Waals surface area contributed by atoms with Crippen molar-refractivity contribution in [3.05, 3.63) is 47.5 Å². The molecule has 7 nitrogen and oxygen atoms in total. The number of nitrogens with zero attached hydrogens (tertiary/aromatic N) is 4. The molecule has 2 aromatic rings. The Morgan fingerprint density at radius 2 is 2.12 bits per heavy atom. The lowest BCUT2D eigenvalue weighted by atomic mass is 9.97. The fourth-order valence-corrected chi connectivity index (χ4v) is 3.03. The van der Waals surface area contributed by atoms with E-state index in [-0.39, 0.29) is 25.2 Å².